The minimum atomic E-state index is -1.38. The fourth-order valence-electron chi connectivity index (χ4n) is 4.10. The summed E-state index contributed by atoms with van der Waals surface area (Å²) in [6.07, 6.45) is 2.91. The van der Waals surface area contributed by atoms with Gasteiger partial charge in [0.2, 0.25) is 0 Å². The molecule has 1 atom stereocenters. The number of pyridine rings is 1. The second kappa shape index (κ2) is 11.0. The molecular weight excluding hydrogens is 507 g/mol. The van der Waals surface area contributed by atoms with Crippen LogP contribution < -0.4 is 9.46 Å². The summed E-state index contributed by atoms with van der Waals surface area (Å²) in [4.78, 5) is 15.5. The third-order valence-electron chi connectivity index (χ3n) is 6.27. The van der Waals surface area contributed by atoms with Gasteiger partial charge in [-0.2, -0.15) is 0 Å². The Bertz CT molecular complexity index is 1520. The Labute approximate surface area is 223 Å². The number of nitrogens with zero attached hydrogens (tertiary/aromatic N) is 1. The van der Waals surface area contributed by atoms with Gasteiger partial charge in [-0.1, -0.05) is 12.1 Å². The van der Waals surface area contributed by atoms with E-state index >= 15 is 4.39 Å². The number of aryl methyl sites for hydroxylation is 1. The monoisotopic (exact) mass is 538 g/mol. The number of furan rings is 1. The Morgan fingerprint density at radius 3 is 2.63 bits per heavy atom. The van der Waals surface area contributed by atoms with E-state index in [1.165, 1.54) is 6.20 Å². The van der Waals surface area contributed by atoms with Crippen LogP contribution in [0, 0.1) is 19.7 Å². The number of hydrogen-bond donors (Lipinski definition) is 2. The fourth-order valence-corrected chi connectivity index (χ4v) is 4.80. The Hall–Kier alpha value is -3.56. The molecule has 2 aromatic carbocycles. The molecule has 0 bridgehead atoms. The zero-order valence-corrected chi connectivity index (χ0v) is 22.9. The lowest BCUT2D eigenvalue weighted by molar-refractivity contribution is -0.136. The standard InChI is InChI=1S/C29H31FN2O5S/c1-17-6-7-20(14-25(33)34)27(18(17)2)37-16-19-12-21-9-11-36-28(21)23(13-19)22-8-10-31-24(26(22)30)15-32-38(35)29(3,4)5/h6-13,32H,14-16H2,1-5H3,(H,33,34). The number of nitrogens with one attached hydrogen (secondary N) is 1. The van der Waals surface area contributed by atoms with Gasteiger partial charge in [0.15, 0.2) is 5.82 Å². The van der Waals surface area contributed by atoms with E-state index in [1.807, 2.05) is 46.8 Å². The number of benzene rings is 2. The lowest BCUT2D eigenvalue weighted by atomic mass is 10.00. The number of fused-ring (bicyclic) bond motifs is 1. The van der Waals surface area contributed by atoms with Crippen LogP contribution in [0.2, 0.25) is 0 Å². The van der Waals surface area contributed by atoms with E-state index in [9.17, 15) is 14.1 Å². The van der Waals surface area contributed by atoms with Crippen LogP contribution >= 0.6 is 0 Å². The molecule has 38 heavy (non-hydrogen) atoms. The van der Waals surface area contributed by atoms with Gasteiger partial charge in [0.25, 0.3) is 0 Å². The number of carboxylic acid groups (broad SMARTS) is 1. The van der Waals surface area contributed by atoms with Crippen molar-refractivity contribution >= 4 is 27.9 Å². The minimum Gasteiger partial charge on any atom is -0.488 e. The summed E-state index contributed by atoms with van der Waals surface area (Å²) in [7, 11) is -1.38. The van der Waals surface area contributed by atoms with Crippen LogP contribution in [-0.4, -0.2) is 25.0 Å². The third-order valence-corrected chi connectivity index (χ3v) is 7.79. The number of hydrogen-bond acceptors (Lipinski definition) is 5. The Morgan fingerprint density at radius 1 is 1.16 bits per heavy atom. The van der Waals surface area contributed by atoms with Gasteiger partial charge >= 0.3 is 5.97 Å². The van der Waals surface area contributed by atoms with Crippen molar-refractivity contribution in [2.24, 2.45) is 0 Å². The first-order valence-electron chi connectivity index (χ1n) is 12.2. The van der Waals surface area contributed by atoms with E-state index < -0.39 is 27.5 Å². The predicted molar refractivity (Wildman–Crippen MR) is 146 cm³/mol. The molecule has 0 aliphatic heterocycles. The highest BCUT2D eigenvalue weighted by molar-refractivity contribution is 7.84. The van der Waals surface area contributed by atoms with Gasteiger partial charge in [0.1, 0.15) is 17.9 Å². The van der Waals surface area contributed by atoms with E-state index in [0.29, 0.717) is 28.0 Å². The van der Waals surface area contributed by atoms with Crippen LogP contribution in [-0.2, 0) is 35.4 Å². The summed E-state index contributed by atoms with van der Waals surface area (Å²) in [5.74, 6) is -0.929. The highest BCUT2D eigenvalue weighted by Gasteiger charge is 2.22. The maximum Gasteiger partial charge on any atom is 0.307 e. The normalized spacial score (nSPS) is 12.6. The van der Waals surface area contributed by atoms with Gasteiger partial charge in [-0.05, 0) is 75.6 Å². The fraction of sp³-hybridized carbons (Fsp3) is 0.310. The van der Waals surface area contributed by atoms with E-state index in [1.54, 1.807) is 30.5 Å². The zero-order valence-electron chi connectivity index (χ0n) is 22.1. The van der Waals surface area contributed by atoms with E-state index in [4.69, 9.17) is 9.15 Å². The largest absolute Gasteiger partial charge is 0.488 e. The van der Waals surface area contributed by atoms with Crippen molar-refractivity contribution in [1.29, 1.82) is 0 Å². The number of halogens is 1. The molecule has 9 heteroatoms. The lowest BCUT2D eigenvalue weighted by Gasteiger charge is -2.18. The van der Waals surface area contributed by atoms with E-state index in [0.717, 1.165) is 22.1 Å². The molecule has 7 nitrogen and oxygen atoms in total. The first-order valence-corrected chi connectivity index (χ1v) is 13.3. The van der Waals surface area contributed by atoms with Crippen LogP contribution in [0.4, 0.5) is 4.39 Å². The Kier molecular flexibility index (Phi) is 7.99. The van der Waals surface area contributed by atoms with Crippen molar-refractivity contribution in [3.8, 4) is 16.9 Å². The molecule has 4 rings (SSSR count). The van der Waals surface area contributed by atoms with Crippen molar-refractivity contribution in [2.45, 2.75) is 58.9 Å². The molecule has 0 amide bonds. The summed E-state index contributed by atoms with van der Waals surface area (Å²) in [5.41, 5.74) is 4.74. The molecule has 0 saturated heterocycles. The highest BCUT2D eigenvalue weighted by atomic mass is 32.2. The molecule has 4 aromatic rings. The van der Waals surface area contributed by atoms with Crippen molar-refractivity contribution in [1.82, 2.24) is 9.71 Å². The van der Waals surface area contributed by atoms with Gasteiger partial charge in [-0.15, -0.1) is 0 Å². The number of ether oxygens (including phenoxy) is 1. The van der Waals surface area contributed by atoms with Crippen molar-refractivity contribution in [3.05, 3.63) is 82.6 Å². The van der Waals surface area contributed by atoms with Crippen LogP contribution in [0.1, 0.15) is 48.7 Å². The topological polar surface area (TPSA) is 102 Å². The number of carboxylic acids is 1. The number of carbonyl (C=O) groups is 1. The van der Waals surface area contributed by atoms with Crippen LogP contribution in [0.5, 0.6) is 5.75 Å². The van der Waals surface area contributed by atoms with Gasteiger partial charge < -0.3 is 14.3 Å². The number of aliphatic carboxylic acids is 1. The van der Waals surface area contributed by atoms with Crippen LogP contribution in [0.3, 0.4) is 0 Å². The zero-order chi connectivity index (χ0) is 27.6. The predicted octanol–water partition coefficient (Wildman–Crippen LogP) is 6.01. The number of rotatable bonds is 9. The smallest absolute Gasteiger partial charge is 0.307 e. The summed E-state index contributed by atoms with van der Waals surface area (Å²) < 4.78 is 42.3. The average molecular weight is 539 g/mol. The van der Waals surface area contributed by atoms with Crippen LogP contribution in [0.25, 0.3) is 22.1 Å². The molecule has 0 radical (unpaired) electrons. The van der Waals surface area contributed by atoms with E-state index in [-0.39, 0.29) is 25.3 Å². The molecule has 0 aliphatic carbocycles. The Morgan fingerprint density at radius 2 is 1.92 bits per heavy atom. The van der Waals surface area contributed by atoms with Crippen LogP contribution in [0.15, 0.2) is 53.3 Å². The molecule has 0 aliphatic rings. The maximum absolute atomic E-state index is 15.7. The lowest BCUT2D eigenvalue weighted by Crippen LogP contribution is -2.33. The third kappa shape index (κ3) is 5.95. The molecular formula is C29H31FN2O5S. The van der Waals surface area contributed by atoms with Gasteiger partial charge in [0, 0.05) is 28.3 Å². The molecule has 0 spiro atoms. The van der Waals surface area contributed by atoms with Gasteiger partial charge in [-0.25, -0.2) is 13.3 Å². The van der Waals surface area contributed by atoms with Crippen molar-refractivity contribution < 1.29 is 27.7 Å². The quantitative estimate of drug-likeness (QED) is 0.271. The van der Waals surface area contributed by atoms with E-state index in [2.05, 4.69) is 9.71 Å². The van der Waals surface area contributed by atoms with Gasteiger partial charge in [-0.3, -0.25) is 9.78 Å². The molecule has 0 fully saturated rings. The highest BCUT2D eigenvalue weighted by Crippen LogP contribution is 2.34. The second-order valence-electron chi connectivity index (χ2n) is 10.2. The second-order valence-corrected chi connectivity index (χ2v) is 12.2. The Balaban J connectivity index is 1.67. The van der Waals surface area contributed by atoms with Crippen molar-refractivity contribution in [2.75, 3.05) is 0 Å². The molecule has 2 aromatic heterocycles. The minimum absolute atomic E-state index is 0.00659. The number of aromatic nitrogens is 1. The molecule has 2 heterocycles. The van der Waals surface area contributed by atoms with Crippen molar-refractivity contribution in [3.63, 3.8) is 0 Å². The molecule has 0 saturated carbocycles. The molecule has 2 N–H and O–H groups in total. The molecule has 1 unspecified atom stereocenters. The summed E-state index contributed by atoms with van der Waals surface area (Å²) in [5, 5.41) is 10.1. The first kappa shape index (κ1) is 27.5. The average Bonchev–Trinajstić information content (AvgIpc) is 3.33. The molecule has 200 valence electrons. The maximum atomic E-state index is 15.7. The summed E-state index contributed by atoms with van der Waals surface area (Å²) >= 11 is 0. The van der Waals surface area contributed by atoms with Gasteiger partial charge in [0.05, 0.1) is 40.7 Å². The first-order chi connectivity index (χ1) is 18.0. The summed E-state index contributed by atoms with van der Waals surface area (Å²) in [6.45, 7) is 9.50. The summed E-state index contributed by atoms with van der Waals surface area (Å²) in [6, 6.07) is 10.7. The SMILES string of the molecule is Cc1ccc(CC(=O)O)c(OCc2cc(-c3ccnc(CNS(=O)C(C)(C)C)c3F)c3occc3c2)c1C.